The summed E-state index contributed by atoms with van der Waals surface area (Å²) in [5.74, 6) is 0.653. The van der Waals surface area contributed by atoms with Crippen LogP contribution in [0.2, 0.25) is 0 Å². The van der Waals surface area contributed by atoms with Crippen molar-refractivity contribution in [3.05, 3.63) is 200 Å². The van der Waals surface area contributed by atoms with Gasteiger partial charge in [-0.25, -0.2) is 9.97 Å². The molecule has 0 fully saturated rings. The molecule has 0 N–H and O–H groups in total. The van der Waals surface area contributed by atoms with Gasteiger partial charge in [-0.3, -0.25) is 4.57 Å². The normalized spacial score (nSPS) is 11.6. The highest BCUT2D eigenvalue weighted by atomic mass is 15.2. The molecular weight excluding hydrogens is 667 g/mol. The van der Waals surface area contributed by atoms with Crippen molar-refractivity contribution in [3.8, 4) is 50.6 Å². The predicted octanol–water partition coefficient (Wildman–Crippen LogP) is 13.7. The van der Waals surface area contributed by atoms with Gasteiger partial charge in [0, 0.05) is 21.7 Å². The number of benzene rings is 9. The maximum atomic E-state index is 5.52. The maximum absolute atomic E-state index is 5.52. The highest BCUT2D eigenvalue weighted by Gasteiger charge is 2.20. The molecule has 0 aliphatic carbocycles. The summed E-state index contributed by atoms with van der Waals surface area (Å²) in [6.07, 6.45) is 0. The number of hydrogen-bond acceptors (Lipinski definition) is 2. The van der Waals surface area contributed by atoms with E-state index in [0.29, 0.717) is 5.95 Å². The number of nitrogens with zero attached hydrogens (tertiary/aromatic N) is 3. The number of fused-ring (bicyclic) bond motifs is 7. The van der Waals surface area contributed by atoms with E-state index in [4.69, 9.17) is 9.97 Å². The van der Waals surface area contributed by atoms with Crippen LogP contribution in [0.25, 0.3) is 105 Å². The minimum absolute atomic E-state index is 0.653. The van der Waals surface area contributed by atoms with E-state index in [1.807, 2.05) is 0 Å². The second kappa shape index (κ2) is 12.6. The lowest BCUT2D eigenvalue weighted by Gasteiger charge is -2.14. The molecule has 0 saturated carbocycles. The molecule has 256 valence electrons. The van der Waals surface area contributed by atoms with E-state index >= 15 is 0 Å². The maximum Gasteiger partial charge on any atom is 0.235 e. The summed E-state index contributed by atoms with van der Waals surface area (Å²) in [6, 6.07) is 71.6. The van der Waals surface area contributed by atoms with Gasteiger partial charge in [0.15, 0.2) is 0 Å². The van der Waals surface area contributed by atoms with E-state index < -0.39 is 0 Å². The Morgan fingerprint density at radius 3 is 1.51 bits per heavy atom. The van der Waals surface area contributed by atoms with Crippen molar-refractivity contribution >= 4 is 54.3 Å². The molecule has 3 nitrogen and oxygen atoms in total. The summed E-state index contributed by atoms with van der Waals surface area (Å²) in [6.45, 7) is 0. The number of hydrogen-bond donors (Lipinski definition) is 0. The van der Waals surface area contributed by atoms with Crippen LogP contribution in [0.1, 0.15) is 0 Å². The third-order valence-corrected chi connectivity index (χ3v) is 11.0. The first kappa shape index (κ1) is 31.2. The molecule has 0 bridgehead atoms. The zero-order chi connectivity index (χ0) is 36.3. The molecule has 0 aliphatic heterocycles. The fourth-order valence-corrected chi connectivity index (χ4v) is 8.24. The van der Waals surface area contributed by atoms with E-state index in [9.17, 15) is 0 Å². The van der Waals surface area contributed by atoms with Crippen LogP contribution in [0.3, 0.4) is 0 Å². The summed E-state index contributed by atoms with van der Waals surface area (Å²) in [4.78, 5) is 10.9. The van der Waals surface area contributed by atoms with E-state index in [0.717, 1.165) is 44.3 Å². The van der Waals surface area contributed by atoms with Gasteiger partial charge in [0.2, 0.25) is 5.95 Å². The molecule has 0 unspecified atom stereocenters. The van der Waals surface area contributed by atoms with Crippen molar-refractivity contribution in [1.82, 2.24) is 14.5 Å². The van der Waals surface area contributed by atoms with Crippen molar-refractivity contribution < 1.29 is 0 Å². The Morgan fingerprint density at radius 1 is 0.309 bits per heavy atom. The van der Waals surface area contributed by atoms with Crippen molar-refractivity contribution in [3.63, 3.8) is 0 Å². The zero-order valence-electron chi connectivity index (χ0n) is 29.9. The van der Waals surface area contributed by atoms with Crippen LogP contribution in [0, 0.1) is 0 Å². The Morgan fingerprint density at radius 2 is 0.836 bits per heavy atom. The van der Waals surface area contributed by atoms with Gasteiger partial charge in [-0.15, -0.1) is 0 Å². The number of rotatable bonds is 5. The molecule has 2 heterocycles. The first-order valence-electron chi connectivity index (χ1n) is 18.7. The molecule has 0 saturated heterocycles. The Kier molecular flexibility index (Phi) is 7.17. The van der Waals surface area contributed by atoms with Crippen LogP contribution in [-0.2, 0) is 0 Å². The van der Waals surface area contributed by atoms with Gasteiger partial charge in [0.05, 0.1) is 22.2 Å². The van der Waals surface area contributed by atoms with Crippen LogP contribution in [0.4, 0.5) is 0 Å². The van der Waals surface area contributed by atoms with Gasteiger partial charge in [-0.2, -0.15) is 0 Å². The SMILES string of the molecule is c1ccc(-c2ccc(-c3ccc4nc(-n5c6cc7ccccc7cc6c6c7ccccc7ccc65)nc(-c5ccc(-c6ccccc6)cc5)c4c3)cc2)cc1. The van der Waals surface area contributed by atoms with E-state index in [1.54, 1.807) is 0 Å². The summed E-state index contributed by atoms with van der Waals surface area (Å²) in [5, 5.41) is 8.25. The quantitative estimate of drug-likeness (QED) is 0.179. The van der Waals surface area contributed by atoms with Gasteiger partial charge >= 0.3 is 0 Å². The zero-order valence-corrected chi connectivity index (χ0v) is 29.9. The third kappa shape index (κ3) is 5.28. The topological polar surface area (TPSA) is 30.7 Å². The minimum atomic E-state index is 0.653. The van der Waals surface area contributed by atoms with E-state index in [2.05, 4.69) is 205 Å². The van der Waals surface area contributed by atoms with Gasteiger partial charge in [0.25, 0.3) is 0 Å². The fourth-order valence-electron chi connectivity index (χ4n) is 8.24. The van der Waals surface area contributed by atoms with Gasteiger partial charge in [-0.05, 0) is 85.3 Å². The molecule has 11 rings (SSSR count). The predicted molar refractivity (Wildman–Crippen MR) is 231 cm³/mol. The smallest absolute Gasteiger partial charge is 0.235 e. The molecule has 0 amide bonds. The Balaban J connectivity index is 1.15. The largest absolute Gasteiger partial charge is 0.278 e. The van der Waals surface area contributed by atoms with Crippen molar-refractivity contribution in [2.45, 2.75) is 0 Å². The highest BCUT2D eigenvalue weighted by Crippen LogP contribution is 2.40. The lowest BCUT2D eigenvalue weighted by atomic mass is 9.97. The van der Waals surface area contributed by atoms with Crippen LogP contribution < -0.4 is 0 Å². The molecule has 55 heavy (non-hydrogen) atoms. The molecule has 0 radical (unpaired) electrons. The second-order valence-corrected chi connectivity index (χ2v) is 14.2. The first-order chi connectivity index (χ1) is 27.2. The first-order valence-corrected chi connectivity index (χ1v) is 18.7. The van der Waals surface area contributed by atoms with Crippen LogP contribution >= 0.6 is 0 Å². The van der Waals surface area contributed by atoms with Crippen LogP contribution in [-0.4, -0.2) is 14.5 Å². The van der Waals surface area contributed by atoms with E-state index in [-0.39, 0.29) is 0 Å². The lowest BCUT2D eigenvalue weighted by molar-refractivity contribution is 1.01. The van der Waals surface area contributed by atoms with Crippen LogP contribution in [0.15, 0.2) is 200 Å². The number of aromatic nitrogens is 3. The van der Waals surface area contributed by atoms with Gasteiger partial charge in [0.1, 0.15) is 0 Å². The Bertz CT molecular complexity index is 3220. The third-order valence-electron chi connectivity index (χ3n) is 11.0. The molecule has 11 aromatic rings. The summed E-state index contributed by atoms with van der Waals surface area (Å²) < 4.78 is 2.26. The molecule has 3 heteroatoms. The standard InChI is InChI=1S/C52H33N3/c1-3-11-34(12-4-1)36-19-21-38(22-20-36)43-27-29-47-45(31-43)51(40-25-23-37(24-26-40)35-13-5-2-6-14-35)54-52(53-47)55-48-30-28-39-15-9-10-18-44(39)50(48)46-32-41-16-7-8-17-42(41)33-49(46)55/h1-33H. The van der Waals surface area contributed by atoms with Crippen molar-refractivity contribution in [1.29, 1.82) is 0 Å². The fraction of sp³-hybridized carbons (Fsp3) is 0. The minimum Gasteiger partial charge on any atom is -0.278 e. The molecule has 9 aromatic carbocycles. The van der Waals surface area contributed by atoms with Gasteiger partial charge in [-0.1, -0.05) is 170 Å². The van der Waals surface area contributed by atoms with Crippen molar-refractivity contribution in [2.24, 2.45) is 0 Å². The Labute approximate surface area is 318 Å². The highest BCUT2D eigenvalue weighted by molar-refractivity contribution is 6.23. The molecule has 0 aliphatic rings. The van der Waals surface area contributed by atoms with E-state index in [1.165, 1.54) is 54.6 Å². The average Bonchev–Trinajstić information content (AvgIpc) is 3.59. The molecule has 0 atom stereocenters. The molecular formula is C52H33N3. The molecule has 0 spiro atoms. The Hall–Kier alpha value is -7.36. The van der Waals surface area contributed by atoms with Crippen molar-refractivity contribution in [2.75, 3.05) is 0 Å². The summed E-state index contributed by atoms with van der Waals surface area (Å²) in [7, 11) is 0. The monoisotopic (exact) mass is 699 g/mol. The lowest BCUT2D eigenvalue weighted by Crippen LogP contribution is -2.03. The second-order valence-electron chi connectivity index (χ2n) is 14.2. The van der Waals surface area contributed by atoms with Gasteiger partial charge < -0.3 is 0 Å². The van der Waals surface area contributed by atoms with Crippen LogP contribution in [0.5, 0.6) is 0 Å². The molecule has 2 aromatic heterocycles. The summed E-state index contributed by atoms with van der Waals surface area (Å²) in [5.41, 5.74) is 12.1. The average molecular weight is 700 g/mol. The summed E-state index contributed by atoms with van der Waals surface area (Å²) >= 11 is 0.